The summed E-state index contributed by atoms with van der Waals surface area (Å²) in [4.78, 5) is 16.6. The number of hydrogen-bond donors (Lipinski definition) is 1. The Bertz CT molecular complexity index is 682. The molecule has 1 aromatic rings. The van der Waals surface area contributed by atoms with Crippen molar-refractivity contribution < 1.29 is 4.79 Å². The van der Waals surface area contributed by atoms with Gasteiger partial charge in [-0.2, -0.15) is 0 Å². The van der Waals surface area contributed by atoms with Crippen LogP contribution in [0.15, 0.2) is 24.8 Å². The van der Waals surface area contributed by atoms with Gasteiger partial charge in [0.25, 0.3) is 0 Å². The largest absolute Gasteiger partial charge is 0.307 e. The van der Waals surface area contributed by atoms with E-state index in [-0.39, 0.29) is 5.91 Å². The van der Waals surface area contributed by atoms with E-state index in [9.17, 15) is 4.79 Å². The lowest BCUT2D eigenvalue weighted by Gasteiger charge is -2.21. The number of aromatic nitrogens is 1. The molecule has 1 N–H and O–H groups in total. The fraction of sp³-hybridized carbons (Fsp3) is 0.565. The van der Waals surface area contributed by atoms with E-state index < -0.39 is 0 Å². The van der Waals surface area contributed by atoms with Crippen molar-refractivity contribution in [1.82, 2.24) is 4.98 Å². The van der Waals surface area contributed by atoms with Crippen molar-refractivity contribution in [3.05, 3.63) is 41.6 Å². The molecule has 0 saturated heterocycles. The summed E-state index contributed by atoms with van der Waals surface area (Å²) >= 11 is 0. The highest BCUT2D eigenvalue weighted by atomic mass is 16.1. The Morgan fingerprint density at radius 3 is 2.65 bits per heavy atom. The molecule has 0 aliphatic heterocycles. The average Bonchev–Trinajstić information content (AvgIpc) is 3.51. The van der Waals surface area contributed by atoms with Crippen molar-refractivity contribution in [1.29, 1.82) is 0 Å². The number of carbonyl (C=O) groups excluding carboxylic acids is 1. The van der Waals surface area contributed by atoms with E-state index in [1.165, 1.54) is 67.8 Å². The van der Waals surface area contributed by atoms with E-state index in [1.807, 2.05) is 6.07 Å². The molecule has 2 fully saturated rings. The zero-order valence-corrected chi connectivity index (χ0v) is 16.3. The minimum Gasteiger partial charge on any atom is -0.307 e. The van der Waals surface area contributed by atoms with Crippen LogP contribution >= 0.6 is 0 Å². The van der Waals surface area contributed by atoms with Crippen LogP contribution in [-0.4, -0.2) is 10.9 Å². The Hall–Kier alpha value is -1.90. The molecule has 3 nitrogen and oxygen atoms in total. The van der Waals surface area contributed by atoms with Gasteiger partial charge in [-0.15, -0.1) is 0 Å². The third-order valence-electron chi connectivity index (χ3n) is 5.82. The van der Waals surface area contributed by atoms with Crippen LogP contribution in [0, 0.1) is 5.92 Å². The van der Waals surface area contributed by atoms with Crippen LogP contribution in [0.4, 0.5) is 5.82 Å². The summed E-state index contributed by atoms with van der Waals surface area (Å²) < 4.78 is 0. The molecule has 0 radical (unpaired) electrons. The van der Waals surface area contributed by atoms with E-state index in [0.29, 0.717) is 23.6 Å². The van der Waals surface area contributed by atoms with E-state index in [1.54, 1.807) is 0 Å². The quantitative estimate of drug-likeness (QED) is 0.594. The lowest BCUT2D eigenvalue weighted by atomic mass is 9.87. The Morgan fingerprint density at radius 2 is 2.04 bits per heavy atom. The topological polar surface area (TPSA) is 42.0 Å². The Kier molecular flexibility index (Phi) is 6.29. The summed E-state index contributed by atoms with van der Waals surface area (Å²) in [6, 6.07) is 2.05. The summed E-state index contributed by atoms with van der Waals surface area (Å²) in [6.07, 6.45) is 16.2. The zero-order valence-electron chi connectivity index (χ0n) is 16.3. The minimum atomic E-state index is -0.197. The smallest absolute Gasteiger partial charge is 0.248 e. The Morgan fingerprint density at radius 1 is 1.31 bits per heavy atom. The molecule has 0 bridgehead atoms. The van der Waals surface area contributed by atoms with Crippen molar-refractivity contribution in [3.8, 4) is 0 Å². The molecular weight excluding hydrogens is 320 g/mol. The third-order valence-corrected chi connectivity index (χ3v) is 5.82. The summed E-state index contributed by atoms with van der Waals surface area (Å²) in [5.41, 5.74) is 3.82. The van der Waals surface area contributed by atoms with Gasteiger partial charge in [-0.1, -0.05) is 51.8 Å². The molecule has 1 unspecified atom stereocenters. The number of nitrogens with one attached hydrogen (secondary N) is 1. The van der Waals surface area contributed by atoms with Gasteiger partial charge >= 0.3 is 0 Å². The average molecular weight is 353 g/mol. The second-order valence-corrected chi connectivity index (χ2v) is 7.93. The maximum Gasteiger partial charge on any atom is 0.248 e. The number of anilines is 1. The van der Waals surface area contributed by atoms with Gasteiger partial charge in [0.15, 0.2) is 0 Å². The van der Waals surface area contributed by atoms with Crippen LogP contribution in [0.1, 0.15) is 93.9 Å². The van der Waals surface area contributed by atoms with Crippen LogP contribution in [0.2, 0.25) is 0 Å². The van der Waals surface area contributed by atoms with Crippen LogP contribution in [0.5, 0.6) is 0 Å². The second kappa shape index (κ2) is 8.66. The fourth-order valence-corrected chi connectivity index (χ4v) is 3.95. The first-order valence-corrected chi connectivity index (χ1v) is 10.3. The highest BCUT2D eigenvalue weighted by Gasteiger charge is 2.30. The molecule has 3 rings (SSSR count). The lowest BCUT2D eigenvalue weighted by molar-refractivity contribution is -0.111. The second-order valence-electron chi connectivity index (χ2n) is 7.93. The van der Waals surface area contributed by atoms with Crippen LogP contribution in [0.3, 0.4) is 0 Å². The lowest BCUT2D eigenvalue weighted by Crippen LogP contribution is -2.12. The molecular formula is C23H32N2O. The van der Waals surface area contributed by atoms with E-state index in [0.717, 1.165) is 6.42 Å². The van der Waals surface area contributed by atoms with Gasteiger partial charge in [0.2, 0.25) is 5.91 Å². The number of pyridine rings is 1. The predicted octanol–water partition coefficient (Wildman–Crippen LogP) is 6.19. The summed E-state index contributed by atoms with van der Waals surface area (Å²) in [6.45, 7) is 8.09. The van der Waals surface area contributed by atoms with Crippen LogP contribution in [-0.2, 0) is 4.79 Å². The number of amides is 1. The minimum absolute atomic E-state index is 0.197. The van der Waals surface area contributed by atoms with Gasteiger partial charge in [-0.3, -0.25) is 4.79 Å². The normalized spacial score (nSPS) is 19.5. The summed E-state index contributed by atoms with van der Waals surface area (Å²) in [5.74, 6) is 2.19. The van der Waals surface area contributed by atoms with Gasteiger partial charge in [0.1, 0.15) is 5.82 Å². The van der Waals surface area contributed by atoms with Gasteiger partial charge in [0.05, 0.1) is 0 Å². The number of rotatable bonds is 7. The molecule has 3 heteroatoms. The first-order valence-electron chi connectivity index (χ1n) is 10.3. The maximum absolute atomic E-state index is 11.8. The zero-order chi connectivity index (χ0) is 18.5. The van der Waals surface area contributed by atoms with Gasteiger partial charge in [-0.25, -0.2) is 4.98 Å². The maximum atomic E-state index is 11.8. The van der Waals surface area contributed by atoms with Crippen LogP contribution < -0.4 is 5.32 Å². The summed E-state index contributed by atoms with van der Waals surface area (Å²) in [5, 5.41) is 2.88. The first kappa shape index (κ1) is 18.9. The SMILES string of the molecule is C=CC(=O)Nc1cc(/C=C/C2CCCCC2)c(C(C)CC)c(C2CC2)n1. The number of allylic oxidation sites excluding steroid dienone is 1. The van der Waals surface area contributed by atoms with E-state index in [4.69, 9.17) is 4.98 Å². The molecule has 0 aromatic carbocycles. The Labute approximate surface area is 158 Å². The molecule has 1 amide bonds. The van der Waals surface area contributed by atoms with Crippen molar-refractivity contribution in [2.45, 2.75) is 77.0 Å². The first-order chi connectivity index (χ1) is 12.6. The highest BCUT2D eigenvalue weighted by Crippen LogP contribution is 2.44. The molecule has 0 spiro atoms. The van der Waals surface area contributed by atoms with E-state index in [2.05, 4.69) is 37.9 Å². The number of hydrogen-bond acceptors (Lipinski definition) is 2. The molecule has 1 aromatic heterocycles. The van der Waals surface area contributed by atoms with E-state index >= 15 is 0 Å². The number of carbonyl (C=O) groups is 1. The molecule has 26 heavy (non-hydrogen) atoms. The Balaban J connectivity index is 1.97. The summed E-state index contributed by atoms with van der Waals surface area (Å²) in [7, 11) is 0. The molecule has 140 valence electrons. The van der Waals surface area contributed by atoms with Crippen LogP contribution in [0.25, 0.3) is 6.08 Å². The molecule has 1 heterocycles. The van der Waals surface area contributed by atoms with Gasteiger partial charge in [0, 0.05) is 11.6 Å². The number of nitrogens with zero attached hydrogens (tertiary/aromatic N) is 1. The van der Waals surface area contributed by atoms with Crippen molar-refractivity contribution in [2.24, 2.45) is 5.92 Å². The molecule has 2 aliphatic rings. The molecule has 2 aliphatic carbocycles. The standard InChI is InChI=1S/C23H32N2O/c1-4-16(3)22-19(12-11-17-9-7-6-8-10-17)15-20(24-21(26)5-2)25-23(22)18-13-14-18/h5,11-12,15-18H,2,4,6-10,13-14H2,1,3H3,(H,24,25,26)/b12-11+. The van der Waals surface area contributed by atoms with Gasteiger partial charge < -0.3 is 5.32 Å². The van der Waals surface area contributed by atoms with Gasteiger partial charge in [-0.05, 0) is 67.2 Å². The molecule has 1 atom stereocenters. The molecule has 2 saturated carbocycles. The third kappa shape index (κ3) is 4.63. The fourth-order valence-electron chi connectivity index (χ4n) is 3.95. The highest BCUT2D eigenvalue weighted by molar-refractivity contribution is 5.98. The van der Waals surface area contributed by atoms with Crippen molar-refractivity contribution in [3.63, 3.8) is 0 Å². The predicted molar refractivity (Wildman–Crippen MR) is 109 cm³/mol. The monoisotopic (exact) mass is 352 g/mol. The van der Waals surface area contributed by atoms with Crippen molar-refractivity contribution in [2.75, 3.05) is 5.32 Å². The van der Waals surface area contributed by atoms with Crippen molar-refractivity contribution >= 4 is 17.8 Å².